The number of carbonyl (C=O) groups excluding carboxylic acids is 3. The molecule has 3 amide bonds. The molecular formula is C24H18FN3O4. The average molecular weight is 431 g/mol. The quantitative estimate of drug-likeness (QED) is 0.628. The largest absolute Gasteiger partial charge is 0.487 e. The molecule has 0 spiro atoms. The zero-order chi connectivity index (χ0) is 22.2. The Bertz CT molecular complexity index is 1210. The van der Waals surface area contributed by atoms with Gasteiger partial charge in [0, 0.05) is 29.9 Å². The lowest BCUT2D eigenvalue weighted by molar-refractivity contribution is -0.121. The Morgan fingerprint density at radius 1 is 1.03 bits per heavy atom. The number of fused-ring (bicyclic) bond motifs is 2. The minimum atomic E-state index is -0.492. The van der Waals surface area contributed by atoms with Crippen LogP contribution in [0.1, 0.15) is 26.3 Å². The second-order valence-corrected chi connectivity index (χ2v) is 7.63. The summed E-state index contributed by atoms with van der Waals surface area (Å²) in [5, 5.41) is 2.69. The first-order chi connectivity index (χ1) is 15.5. The molecule has 2 aliphatic rings. The van der Waals surface area contributed by atoms with E-state index < -0.39 is 23.8 Å². The highest BCUT2D eigenvalue weighted by atomic mass is 19.1. The van der Waals surface area contributed by atoms with E-state index >= 15 is 0 Å². The summed E-state index contributed by atoms with van der Waals surface area (Å²) >= 11 is 0. The van der Waals surface area contributed by atoms with Gasteiger partial charge in [0.2, 0.25) is 5.91 Å². The molecule has 1 aromatic heterocycles. The molecule has 0 radical (unpaired) electrons. The van der Waals surface area contributed by atoms with Crippen molar-refractivity contribution in [3.63, 3.8) is 0 Å². The van der Waals surface area contributed by atoms with Crippen LogP contribution in [-0.4, -0.2) is 46.8 Å². The van der Waals surface area contributed by atoms with Crippen molar-refractivity contribution >= 4 is 17.7 Å². The van der Waals surface area contributed by atoms with Crippen molar-refractivity contribution in [3.05, 3.63) is 83.4 Å². The number of nitrogens with one attached hydrogen (secondary N) is 1. The summed E-state index contributed by atoms with van der Waals surface area (Å²) in [6.07, 6.45) is 3.13. The maximum absolute atomic E-state index is 14.4. The summed E-state index contributed by atoms with van der Waals surface area (Å²) in [5.41, 5.74) is 2.65. The van der Waals surface area contributed by atoms with E-state index in [2.05, 4.69) is 10.3 Å². The smallest absolute Gasteiger partial charge is 0.262 e. The van der Waals surface area contributed by atoms with Crippen molar-refractivity contribution in [1.29, 1.82) is 0 Å². The summed E-state index contributed by atoms with van der Waals surface area (Å²) in [6.45, 7) is -0.269. The Balaban J connectivity index is 1.24. The van der Waals surface area contributed by atoms with Crippen molar-refractivity contribution < 1.29 is 23.5 Å². The van der Waals surface area contributed by atoms with E-state index in [0.29, 0.717) is 28.9 Å². The normalized spacial score (nSPS) is 16.5. The molecule has 7 nitrogen and oxygen atoms in total. The maximum atomic E-state index is 14.4. The van der Waals surface area contributed by atoms with Crippen LogP contribution in [0.25, 0.3) is 11.1 Å². The van der Waals surface area contributed by atoms with Gasteiger partial charge in [-0.3, -0.25) is 24.3 Å². The van der Waals surface area contributed by atoms with Crippen LogP contribution in [0.3, 0.4) is 0 Å². The van der Waals surface area contributed by atoms with Crippen molar-refractivity contribution in [1.82, 2.24) is 15.2 Å². The molecule has 160 valence electrons. The molecule has 3 heterocycles. The minimum absolute atomic E-state index is 0.117. The number of benzene rings is 2. The number of halogens is 1. The third-order valence-electron chi connectivity index (χ3n) is 5.62. The van der Waals surface area contributed by atoms with Gasteiger partial charge in [-0.05, 0) is 42.0 Å². The van der Waals surface area contributed by atoms with Gasteiger partial charge >= 0.3 is 0 Å². The van der Waals surface area contributed by atoms with E-state index in [1.54, 1.807) is 42.7 Å². The Kier molecular flexibility index (Phi) is 4.89. The van der Waals surface area contributed by atoms with Crippen molar-refractivity contribution in [2.75, 3.05) is 13.1 Å². The monoisotopic (exact) mass is 431 g/mol. The summed E-state index contributed by atoms with van der Waals surface area (Å²) in [6, 6.07) is 13.2. The Hall–Kier alpha value is -4.07. The molecule has 32 heavy (non-hydrogen) atoms. The second-order valence-electron chi connectivity index (χ2n) is 7.63. The lowest BCUT2D eigenvalue weighted by atomic mass is 10.0. The lowest BCUT2D eigenvalue weighted by Crippen LogP contribution is -2.43. The lowest BCUT2D eigenvalue weighted by Gasteiger charge is -2.16. The van der Waals surface area contributed by atoms with Gasteiger partial charge in [-0.25, -0.2) is 4.39 Å². The third-order valence-corrected chi connectivity index (χ3v) is 5.62. The van der Waals surface area contributed by atoms with Crippen molar-refractivity contribution in [2.24, 2.45) is 0 Å². The van der Waals surface area contributed by atoms with E-state index in [4.69, 9.17) is 4.74 Å². The van der Waals surface area contributed by atoms with Gasteiger partial charge in [-0.2, -0.15) is 0 Å². The second kappa shape index (κ2) is 7.88. The van der Waals surface area contributed by atoms with Crippen LogP contribution in [0.15, 0.2) is 60.9 Å². The summed E-state index contributed by atoms with van der Waals surface area (Å²) in [7, 11) is 0. The van der Waals surface area contributed by atoms with Crippen LogP contribution in [0.4, 0.5) is 4.39 Å². The fraction of sp³-hybridized carbons (Fsp3) is 0.167. The van der Waals surface area contributed by atoms with Crippen LogP contribution < -0.4 is 10.1 Å². The number of hydrogen-bond acceptors (Lipinski definition) is 5. The first-order valence-electron chi connectivity index (χ1n) is 10.1. The molecule has 8 heteroatoms. The Morgan fingerprint density at radius 2 is 1.72 bits per heavy atom. The Morgan fingerprint density at radius 3 is 2.41 bits per heavy atom. The fourth-order valence-corrected chi connectivity index (χ4v) is 4.05. The highest BCUT2D eigenvalue weighted by Gasteiger charge is 2.36. The van der Waals surface area contributed by atoms with E-state index in [1.807, 2.05) is 12.1 Å². The molecule has 0 fully saturated rings. The van der Waals surface area contributed by atoms with Gasteiger partial charge in [0.1, 0.15) is 24.2 Å². The van der Waals surface area contributed by atoms with E-state index in [0.717, 1.165) is 16.0 Å². The van der Waals surface area contributed by atoms with Crippen LogP contribution >= 0.6 is 0 Å². The number of ether oxygens (including phenoxy) is 1. The first kappa shape index (κ1) is 19.9. The summed E-state index contributed by atoms with van der Waals surface area (Å²) in [4.78, 5) is 42.2. The summed E-state index contributed by atoms with van der Waals surface area (Å²) in [5.74, 6) is -1.38. The van der Waals surface area contributed by atoms with Crippen molar-refractivity contribution in [2.45, 2.75) is 12.5 Å². The number of aromatic nitrogens is 1. The number of rotatable bonds is 5. The molecule has 5 rings (SSSR count). The zero-order valence-corrected chi connectivity index (χ0v) is 16.9. The third kappa shape index (κ3) is 3.39. The number of amides is 3. The number of imide groups is 1. The Labute approximate surface area is 182 Å². The maximum Gasteiger partial charge on any atom is 0.262 e. The van der Waals surface area contributed by atoms with Gasteiger partial charge in [-0.15, -0.1) is 0 Å². The average Bonchev–Trinajstić information content (AvgIpc) is 3.35. The van der Waals surface area contributed by atoms with Gasteiger partial charge < -0.3 is 10.1 Å². The molecule has 2 aliphatic heterocycles. The predicted octanol–water partition coefficient (Wildman–Crippen LogP) is 2.60. The van der Waals surface area contributed by atoms with E-state index in [1.165, 1.54) is 6.07 Å². The first-order valence-corrected chi connectivity index (χ1v) is 10.1. The highest BCUT2D eigenvalue weighted by molar-refractivity contribution is 6.22. The number of carbonyl (C=O) groups is 3. The highest BCUT2D eigenvalue weighted by Crippen LogP contribution is 2.40. The SMILES string of the molecule is O=C(CN1C(=O)c2ccccc2C1=O)NCC1Cc2c(F)ccc(-c3ccncc3)c2O1. The van der Waals surface area contributed by atoms with Crippen LogP contribution in [0.2, 0.25) is 0 Å². The van der Waals surface area contributed by atoms with Crippen molar-refractivity contribution in [3.8, 4) is 16.9 Å². The molecule has 0 saturated heterocycles. The molecular weight excluding hydrogens is 413 g/mol. The predicted molar refractivity (Wildman–Crippen MR) is 113 cm³/mol. The van der Waals surface area contributed by atoms with Gasteiger partial charge in [0.25, 0.3) is 11.8 Å². The molecule has 0 aliphatic carbocycles. The fourth-order valence-electron chi connectivity index (χ4n) is 4.05. The van der Waals surface area contributed by atoms with Crippen LogP contribution in [-0.2, 0) is 11.2 Å². The number of hydrogen-bond donors (Lipinski definition) is 1. The molecule has 0 saturated carbocycles. The van der Waals surface area contributed by atoms with Crippen LogP contribution in [0.5, 0.6) is 5.75 Å². The number of pyridine rings is 1. The topological polar surface area (TPSA) is 88.6 Å². The van der Waals surface area contributed by atoms with Crippen LogP contribution in [0, 0.1) is 5.82 Å². The molecule has 0 bridgehead atoms. The summed E-state index contributed by atoms with van der Waals surface area (Å²) < 4.78 is 20.3. The van der Waals surface area contributed by atoms with E-state index in [9.17, 15) is 18.8 Å². The molecule has 3 aromatic rings. The number of nitrogens with zero attached hydrogens (tertiary/aromatic N) is 2. The zero-order valence-electron chi connectivity index (χ0n) is 16.9. The molecule has 1 atom stereocenters. The molecule has 1 N–H and O–H groups in total. The van der Waals surface area contributed by atoms with Gasteiger partial charge in [-0.1, -0.05) is 12.1 Å². The van der Waals surface area contributed by atoms with Gasteiger partial charge in [0.15, 0.2) is 0 Å². The molecule has 2 aromatic carbocycles. The van der Waals surface area contributed by atoms with E-state index in [-0.39, 0.29) is 18.9 Å². The minimum Gasteiger partial charge on any atom is -0.487 e. The standard InChI is InChI=1S/C24H18FN3O4/c25-20-6-5-16(14-7-9-26-10-8-14)22-19(20)11-15(32-22)12-27-21(29)13-28-23(30)17-3-1-2-4-18(17)24(28)31/h1-10,15H,11-13H2,(H,27,29). The van der Waals surface area contributed by atoms with Gasteiger partial charge in [0.05, 0.1) is 17.7 Å². The molecule has 1 unspecified atom stereocenters.